The van der Waals surface area contributed by atoms with Crippen LogP contribution in [0.15, 0.2) is 18.2 Å². The quantitative estimate of drug-likeness (QED) is 0.664. The third-order valence-corrected chi connectivity index (χ3v) is 3.43. The van der Waals surface area contributed by atoms with Crippen LogP contribution in [0.5, 0.6) is 0 Å². The van der Waals surface area contributed by atoms with Gasteiger partial charge in [-0.25, -0.2) is 8.78 Å². The molecule has 0 spiro atoms. The Bertz CT molecular complexity index is 502. The lowest BCUT2D eigenvalue weighted by Crippen LogP contribution is -2.32. The number of hydrogen-bond acceptors (Lipinski definition) is 4. The molecule has 110 valence electrons. The van der Waals surface area contributed by atoms with E-state index in [-0.39, 0.29) is 22.5 Å². The Morgan fingerprint density at radius 1 is 1.55 bits per heavy atom. The molecule has 1 saturated heterocycles. The minimum atomic E-state index is -2.77. The minimum Gasteiger partial charge on any atom is -0.382 e. The lowest BCUT2D eigenvalue weighted by Gasteiger charge is -2.24. The molecule has 1 N–H and O–H groups in total. The molecule has 2 rings (SSSR count). The summed E-state index contributed by atoms with van der Waals surface area (Å²) in [7, 11) is 0. The van der Waals surface area contributed by atoms with Gasteiger partial charge in [-0.1, -0.05) is 0 Å². The van der Waals surface area contributed by atoms with Crippen molar-refractivity contribution < 1.29 is 18.4 Å². The standard InChI is InChI=1S/C13H16F2N2O3/c1-13(5-2-6-20-13)8-16-11-4-3-9(17(18)19)7-10(11)12(14)15/h3-4,7,12,16H,2,5-6,8H2,1H3. The van der Waals surface area contributed by atoms with Gasteiger partial charge in [0.1, 0.15) is 0 Å². The maximum atomic E-state index is 13.0. The van der Waals surface area contributed by atoms with E-state index < -0.39 is 11.3 Å². The van der Waals surface area contributed by atoms with Crippen LogP contribution in [-0.4, -0.2) is 23.7 Å². The maximum absolute atomic E-state index is 13.0. The van der Waals surface area contributed by atoms with Gasteiger partial charge < -0.3 is 10.1 Å². The molecule has 0 saturated carbocycles. The van der Waals surface area contributed by atoms with E-state index in [1.54, 1.807) is 0 Å². The first-order valence-corrected chi connectivity index (χ1v) is 6.36. The SMILES string of the molecule is CC1(CNc2ccc([N+](=O)[O-])cc2C(F)F)CCCO1. The molecule has 0 aliphatic carbocycles. The van der Waals surface area contributed by atoms with E-state index >= 15 is 0 Å². The van der Waals surface area contributed by atoms with Gasteiger partial charge in [0.15, 0.2) is 0 Å². The molecule has 0 aromatic heterocycles. The summed E-state index contributed by atoms with van der Waals surface area (Å²) in [6.07, 6.45) is -0.966. The molecule has 1 aliphatic heterocycles. The maximum Gasteiger partial charge on any atom is 0.270 e. The first-order valence-electron chi connectivity index (χ1n) is 6.36. The van der Waals surface area contributed by atoms with Gasteiger partial charge >= 0.3 is 0 Å². The molecule has 0 bridgehead atoms. The second-order valence-electron chi connectivity index (χ2n) is 5.08. The Morgan fingerprint density at radius 2 is 2.30 bits per heavy atom. The van der Waals surface area contributed by atoms with Crippen LogP contribution in [0, 0.1) is 10.1 Å². The Morgan fingerprint density at radius 3 is 2.85 bits per heavy atom. The lowest BCUT2D eigenvalue weighted by atomic mass is 10.0. The van der Waals surface area contributed by atoms with Crippen molar-refractivity contribution in [3.8, 4) is 0 Å². The molecule has 1 atom stereocenters. The van der Waals surface area contributed by atoms with Gasteiger partial charge in [-0.15, -0.1) is 0 Å². The van der Waals surface area contributed by atoms with Gasteiger partial charge in [0.25, 0.3) is 12.1 Å². The summed E-state index contributed by atoms with van der Waals surface area (Å²) in [5.74, 6) is 0. The van der Waals surface area contributed by atoms with Crippen LogP contribution < -0.4 is 5.32 Å². The molecular formula is C13H16F2N2O3. The fourth-order valence-electron chi connectivity index (χ4n) is 2.26. The average molecular weight is 286 g/mol. The van der Waals surface area contributed by atoms with E-state index in [2.05, 4.69) is 5.32 Å². The molecule has 1 aliphatic rings. The summed E-state index contributed by atoms with van der Waals surface area (Å²) in [6.45, 7) is 2.98. The average Bonchev–Trinajstić information content (AvgIpc) is 2.83. The minimum absolute atomic E-state index is 0.210. The normalized spacial score (nSPS) is 22.2. The first kappa shape index (κ1) is 14.6. The van der Waals surface area contributed by atoms with E-state index in [0.29, 0.717) is 13.2 Å². The summed E-state index contributed by atoms with van der Waals surface area (Å²) < 4.78 is 31.5. The highest BCUT2D eigenvalue weighted by Crippen LogP contribution is 2.32. The fraction of sp³-hybridized carbons (Fsp3) is 0.538. The Labute approximate surface area is 115 Å². The smallest absolute Gasteiger partial charge is 0.270 e. The van der Waals surface area contributed by atoms with E-state index in [9.17, 15) is 18.9 Å². The van der Waals surface area contributed by atoms with Crippen LogP contribution in [0.4, 0.5) is 20.2 Å². The van der Waals surface area contributed by atoms with Crippen molar-refractivity contribution >= 4 is 11.4 Å². The highest BCUT2D eigenvalue weighted by molar-refractivity contribution is 5.56. The number of ether oxygens (including phenoxy) is 1. The predicted octanol–water partition coefficient (Wildman–Crippen LogP) is 3.51. The van der Waals surface area contributed by atoms with E-state index in [0.717, 1.165) is 18.9 Å². The molecule has 1 aromatic rings. The number of nitro benzene ring substituents is 1. The van der Waals surface area contributed by atoms with E-state index in [1.165, 1.54) is 12.1 Å². The molecule has 1 fully saturated rings. The Balaban J connectivity index is 2.16. The number of alkyl halides is 2. The highest BCUT2D eigenvalue weighted by atomic mass is 19.3. The summed E-state index contributed by atoms with van der Waals surface area (Å²) >= 11 is 0. The van der Waals surface area contributed by atoms with Crippen molar-refractivity contribution in [3.63, 3.8) is 0 Å². The number of rotatable bonds is 5. The van der Waals surface area contributed by atoms with Gasteiger partial charge in [0.05, 0.1) is 10.5 Å². The van der Waals surface area contributed by atoms with E-state index in [4.69, 9.17) is 4.74 Å². The zero-order valence-electron chi connectivity index (χ0n) is 11.1. The van der Waals surface area contributed by atoms with E-state index in [1.807, 2.05) is 6.92 Å². The highest BCUT2D eigenvalue weighted by Gasteiger charge is 2.30. The van der Waals surface area contributed by atoms with Crippen molar-refractivity contribution in [2.24, 2.45) is 0 Å². The fourth-order valence-corrected chi connectivity index (χ4v) is 2.26. The lowest BCUT2D eigenvalue weighted by molar-refractivity contribution is -0.385. The first-order chi connectivity index (χ1) is 9.41. The third-order valence-electron chi connectivity index (χ3n) is 3.43. The number of anilines is 1. The molecule has 0 amide bonds. The Kier molecular flexibility index (Phi) is 4.17. The van der Waals surface area contributed by atoms with Gasteiger partial charge in [-0.3, -0.25) is 10.1 Å². The number of halogens is 2. The van der Waals surface area contributed by atoms with Crippen LogP contribution in [0.25, 0.3) is 0 Å². The number of nitrogens with zero attached hydrogens (tertiary/aromatic N) is 1. The van der Waals surface area contributed by atoms with Gasteiger partial charge in [-0.2, -0.15) is 0 Å². The second kappa shape index (κ2) is 5.70. The number of benzene rings is 1. The summed E-state index contributed by atoms with van der Waals surface area (Å²) in [5.41, 5.74) is -0.862. The van der Waals surface area contributed by atoms with Gasteiger partial charge in [0.2, 0.25) is 0 Å². The van der Waals surface area contributed by atoms with Crippen molar-refractivity contribution in [1.29, 1.82) is 0 Å². The topological polar surface area (TPSA) is 64.4 Å². The van der Waals surface area contributed by atoms with Crippen molar-refractivity contribution in [2.75, 3.05) is 18.5 Å². The molecule has 7 heteroatoms. The summed E-state index contributed by atoms with van der Waals surface area (Å²) in [4.78, 5) is 9.94. The van der Waals surface area contributed by atoms with Crippen LogP contribution in [-0.2, 0) is 4.74 Å². The van der Waals surface area contributed by atoms with Crippen LogP contribution in [0.3, 0.4) is 0 Å². The van der Waals surface area contributed by atoms with Crippen LogP contribution in [0.1, 0.15) is 31.8 Å². The van der Waals surface area contributed by atoms with Crippen LogP contribution >= 0.6 is 0 Å². The van der Waals surface area contributed by atoms with Crippen molar-refractivity contribution in [2.45, 2.75) is 31.8 Å². The zero-order chi connectivity index (χ0) is 14.8. The number of nitrogens with one attached hydrogen (secondary N) is 1. The monoisotopic (exact) mass is 286 g/mol. The second-order valence-corrected chi connectivity index (χ2v) is 5.08. The van der Waals surface area contributed by atoms with Crippen molar-refractivity contribution in [3.05, 3.63) is 33.9 Å². The van der Waals surface area contributed by atoms with Crippen LogP contribution in [0.2, 0.25) is 0 Å². The van der Waals surface area contributed by atoms with Gasteiger partial charge in [0, 0.05) is 36.5 Å². The number of nitro groups is 1. The van der Waals surface area contributed by atoms with Gasteiger partial charge in [-0.05, 0) is 25.8 Å². The predicted molar refractivity (Wildman–Crippen MR) is 70.1 cm³/mol. The Hall–Kier alpha value is -1.76. The number of non-ortho nitro benzene ring substituents is 1. The molecule has 5 nitrogen and oxygen atoms in total. The zero-order valence-corrected chi connectivity index (χ0v) is 11.1. The molecular weight excluding hydrogens is 270 g/mol. The molecule has 20 heavy (non-hydrogen) atoms. The number of hydrogen-bond donors (Lipinski definition) is 1. The summed E-state index contributed by atoms with van der Waals surface area (Å²) in [5, 5.41) is 13.5. The molecule has 1 aromatic carbocycles. The molecule has 0 radical (unpaired) electrons. The molecule has 1 unspecified atom stereocenters. The largest absolute Gasteiger partial charge is 0.382 e. The van der Waals surface area contributed by atoms with Crippen molar-refractivity contribution in [1.82, 2.24) is 0 Å². The molecule has 1 heterocycles. The summed E-state index contributed by atoms with van der Waals surface area (Å²) in [6, 6.07) is 3.44. The third kappa shape index (κ3) is 3.22.